The van der Waals surface area contributed by atoms with Crippen LogP contribution in [0.15, 0.2) is 5.16 Å². The Labute approximate surface area is 118 Å². The molecule has 0 saturated carbocycles. The number of aromatic nitrogens is 3. The molecule has 0 bridgehead atoms. The van der Waals surface area contributed by atoms with Crippen LogP contribution in [0.5, 0.6) is 0 Å². The quantitative estimate of drug-likeness (QED) is 0.421. The number of unbranched alkanes of at least 4 members (excludes halogenated alkanes) is 2. The third kappa shape index (κ3) is 5.61. The Balaban J connectivity index is 2.10. The molecule has 0 aliphatic heterocycles. The molecule has 0 fully saturated rings. The molecule has 0 aliphatic carbocycles. The van der Waals surface area contributed by atoms with Crippen molar-refractivity contribution < 1.29 is 9.53 Å². The van der Waals surface area contributed by atoms with Crippen LogP contribution in [-0.4, -0.2) is 33.1 Å². The van der Waals surface area contributed by atoms with Gasteiger partial charge in [0.1, 0.15) is 5.82 Å². The minimum atomic E-state index is -0.101. The highest BCUT2D eigenvalue weighted by atomic mass is 32.2. The molecule has 0 amide bonds. The first-order chi connectivity index (χ1) is 9.19. The van der Waals surface area contributed by atoms with Gasteiger partial charge in [-0.25, -0.2) is 0 Å². The summed E-state index contributed by atoms with van der Waals surface area (Å²) in [7, 11) is 1.92. The summed E-state index contributed by atoms with van der Waals surface area (Å²) < 4.78 is 6.79. The zero-order valence-corrected chi connectivity index (χ0v) is 12.4. The van der Waals surface area contributed by atoms with Crippen LogP contribution in [0.4, 0.5) is 0 Å². The monoisotopic (exact) mass is 286 g/mol. The summed E-state index contributed by atoms with van der Waals surface area (Å²) in [4.78, 5) is 11.1. The summed E-state index contributed by atoms with van der Waals surface area (Å²) in [5.41, 5.74) is 5.53. The molecule has 0 atom stereocenters. The second-order valence-electron chi connectivity index (χ2n) is 4.13. The van der Waals surface area contributed by atoms with E-state index in [1.807, 2.05) is 18.5 Å². The van der Waals surface area contributed by atoms with E-state index in [0.29, 0.717) is 19.6 Å². The zero-order chi connectivity index (χ0) is 14.1. The number of rotatable bonds is 9. The molecule has 1 heterocycles. The first kappa shape index (κ1) is 16.0. The van der Waals surface area contributed by atoms with Gasteiger partial charge in [-0.2, -0.15) is 0 Å². The van der Waals surface area contributed by atoms with Crippen LogP contribution < -0.4 is 5.73 Å². The van der Waals surface area contributed by atoms with Crippen molar-refractivity contribution in [3.63, 3.8) is 0 Å². The summed E-state index contributed by atoms with van der Waals surface area (Å²) >= 11 is 1.67. The van der Waals surface area contributed by atoms with E-state index in [1.165, 1.54) is 0 Å². The molecule has 1 aromatic rings. The van der Waals surface area contributed by atoms with Gasteiger partial charge in [0.05, 0.1) is 13.2 Å². The lowest BCUT2D eigenvalue weighted by Gasteiger charge is -2.03. The lowest BCUT2D eigenvalue weighted by atomic mass is 10.2. The average Bonchev–Trinajstić information content (AvgIpc) is 2.75. The first-order valence-corrected chi connectivity index (χ1v) is 7.54. The van der Waals surface area contributed by atoms with Crippen molar-refractivity contribution in [2.75, 3.05) is 12.4 Å². The van der Waals surface area contributed by atoms with Gasteiger partial charge in [-0.1, -0.05) is 18.2 Å². The van der Waals surface area contributed by atoms with Crippen molar-refractivity contribution in [3.05, 3.63) is 5.82 Å². The van der Waals surface area contributed by atoms with Crippen LogP contribution in [0.3, 0.4) is 0 Å². The van der Waals surface area contributed by atoms with Crippen molar-refractivity contribution >= 4 is 17.7 Å². The maximum Gasteiger partial charge on any atom is 0.305 e. The van der Waals surface area contributed by atoms with E-state index in [4.69, 9.17) is 10.5 Å². The average molecular weight is 286 g/mol. The Kier molecular flexibility index (Phi) is 7.50. The molecular formula is C12H22N4O2S. The standard InChI is InChI=1S/C12H22N4O2S/c1-3-18-11(17)7-5-4-6-8-19-12-15-14-10(9-13)16(12)2/h3-9,13H2,1-2H3. The number of hydrogen-bond donors (Lipinski definition) is 1. The number of carbonyl (C=O) groups excluding carboxylic acids is 1. The Bertz CT molecular complexity index is 395. The van der Waals surface area contributed by atoms with Crippen molar-refractivity contribution in [2.24, 2.45) is 12.8 Å². The first-order valence-electron chi connectivity index (χ1n) is 6.55. The van der Waals surface area contributed by atoms with E-state index >= 15 is 0 Å². The van der Waals surface area contributed by atoms with Crippen LogP contribution in [0.25, 0.3) is 0 Å². The normalized spacial score (nSPS) is 10.7. The topological polar surface area (TPSA) is 83.0 Å². The van der Waals surface area contributed by atoms with Crippen LogP contribution in [0.1, 0.15) is 38.4 Å². The molecule has 6 nitrogen and oxygen atoms in total. The van der Waals surface area contributed by atoms with Gasteiger partial charge in [0.25, 0.3) is 0 Å². The van der Waals surface area contributed by atoms with Gasteiger partial charge in [0, 0.05) is 19.2 Å². The SMILES string of the molecule is CCOC(=O)CCCCCSc1nnc(CN)n1C. The lowest BCUT2D eigenvalue weighted by molar-refractivity contribution is -0.143. The molecule has 0 saturated heterocycles. The lowest BCUT2D eigenvalue weighted by Crippen LogP contribution is -2.05. The van der Waals surface area contributed by atoms with Crippen molar-refractivity contribution in [1.29, 1.82) is 0 Å². The summed E-state index contributed by atoms with van der Waals surface area (Å²) in [5, 5.41) is 8.97. The summed E-state index contributed by atoms with van der Waals surface area (Å²) in [5.74, 6) is 1.67. The van der Waals surface area contributed by atoms with Crippen LogP contribution >= 0.6 is 11.8 Å². The zero-order valence-electron chi connectivity index (χ0n) is 11.6. The van der Waals surface area contributed by atoms with Gasteiger partial charge >= 0.3 is 5.97 Å². The molecule has 0 unspecified atom stereocenters. The number of nitrogens with two attached hydrogens (primary N) is 1. The van der Waals surface area contributed by atoms with Crippen molar-refractivity contribution in [2.45, 2.75) is 44.3 Å². The van der Waals surface area contributed by atoms with Crippen LogP contribution in [0.2, 0.25) is 0 Å². The highest BCUT2D eigenvalue weighted by Crippen LogP contribution is 2.17. The Hall–Kier alpha value is -1.08. The second kappa shape index (κ2) is 8.92. The number of esters is 1. The Morgan fingerprint density at radius 2 is 2.16 bits per heavy atom. The summed E-state index contributed by atoms with van der Waals surface area (Å²) in [6, 6.07) is 0. The van der Waals surface area contributed by atoms with E-state index in [1.54, 1.807) is 11.8 Å². The van der Waals surface area contributed by atoms with Crippen LogP contribution in [0, 0.1) is 0 Å². The molecule has 1 aromatic heterocycles. The summed E-state index contributed by atoms with van der Waals surface area (Å²) in [6.07, 6.45) is 3.47. The molecule has 0 radical (unpaired) electrons. The smallest absolute Gasteiger partial charge is 0.305 e. The van der Waals surface area contributed by atoms with Gasteiger partial charge in [-0.3, -0.25) is 4.79 Å². The second-order valence-corrected chi connectivity index (χ2v) is 5.19. The third-order valence-corrected chi connectivity index (χ3v) is 3.78. The van der Waals surface area contributed by atoms with Gasteiger partial charge in [0.15, 0.2) is 5.16 Å². The molecular weight excluding hydrogens is 264 g/mol. The predicted molar refractivity (Wildman–Crippen MR) is 74.7 cm³/mol. The highest BCUT2D eigenvalue weighted by Gasteiger charge is 2.07. The minimum Gasteiger partial charge on any atom is -0.466 e. The van der Waals surface area contributed by atoms with Crippen molar-refractivity contribution in [1.82, 2.24) is 14.8 Å². The molecule has 0 aromatic carbocycles. The predicted octanol–water partition coefficient (Wildman–Crippen LogP) is 1.49. The van der Waals surface area contributed by atoms with Gasteiger partial charge in [0.2, 0.25) is 0 Å². The van der Waals surface area contributed by atoms with Gasteiger partial charge < -0.3 is 15.0 Å². The molecule has 108 valence electrons. The van der Waals surface area contributed by atoms with Gasteiger partial charge in [-0.15, -0.1) is 10.2 Å². The Morgan fingerprint density at radius 1 is 1.37 bits per heavy atom. The number of nitrogens with zero attached hydrogens (tertiary/aromatic N) is 3. The molecule has 7 heteroatoms. The fourth-order valence-corrected chi connectivity index (χ4v) is 2.52. The fraction of sp³-hybridized carbons (Fsp3) is 0.750. The van der Waals surface area contributed by atoms with E-state index < -0.39 is 0 Å². The highest BCUT2D eigenvalue weighted by molar-refractivity contribution is 7.99. The molecule has 0 spiro atoms. The minimum absolute atomic E-state index is 0.101. The molecule has 0 aliphatic rings. The van der Waals surface area contributed by atoms with E-state index in [9.17, 15) is 4.79 Å². The number of thioether (sulfide) groups is 1. The van der Waals surface area contributed by atoms with E-state index in [0.717, 1.165) is 36.0 Å². The van der Waals surface area contributed by atoms with Crippen molar-refractivity contribution in [3.8, 4) is 0 Å². The molecule has 19 heavy (non-hydrogen) atoms. The molecule has 1 rings (SSSR count). The number of hydrogen-bond acceptors (Lipinski definition) is 6. The molecule has 2 N–H and O–H groups in total. The maximum atomic E-state index is 11.1. The fourth-order valence-electron chi connectivity index (χ4n) is 1.59. The largest absolute Gasteiger partial charge is 0.466 e. The Morgan fingerprint density at radius 3 is 2.79 bits per heavy atom. The number of ether oxygens (including phenoxy) is 1. The van der Waals surface area contributed by atoms with E-state index in [-0.39, 0.29) is 5.97 Å². The summed E-state index contributed by atoms with van der Waals surface area (Å²) in [6.45, 7) is 2.69. The number of carbonyl (C=O) groups is 1. The third-order valence-electron chi connectivity index (χ3n) is 2.67. The van der Waals surface area contributed by atoms with Gasteiger partial charge in [-0.05, 0) is 19.8 Å². The maximum absolute atomic E-state index is 11.1. The van der Waals surface area contributed by atoms with E-state index in [2.05, 4.69) is 10.2 Å². The van der Waals surface area contributed by atoms with Crippen LogP contribution in [-0.2, 0) is 23.1 Å².